The van der Waals surface area contributed by atoms with Crippen molar-refractivity contribution in [3.8, 4) is 5.75 Å². The number of carbonyl (C=O) groups excluding carboxylic acids is 3. The first-order chi connectivity index (χ1) is 17.8. The van der Waals surface area contributed by atoms with Crippen molar-refractivity contribution in [3.05, 3.63) is 65.7 Å². The summed E-state index contributed by atoms with van der Waals surface area (Å²) in [4.78, 5) is 41.6. The van der Waals surface area contributed by atoms with E-state index in [-0.39, 0.29) is 18.4 Å². The molecule has 0 spiro atoms. The van der Waals surface area contributed by atoms with Crippen molar-refractivity contribution in [2.24, 2.45) is 5.73 Å². The number of nitrogens with zero attached hydrogens (tertiary/aromatic N) is 1. The highest BCUT2D eigenvalue weighted by Crippen LogP contribution is 2.40. The Bertz CT molecular complexity index is 1130. The Morgan fingerprint density at radius 3 is 2.37 bits per heavy atom. The Balaban J connectivity index is 1.83. The van der Waals surface area contributed by atoms with Gasteiger partial charge in [-0.3, -0.25) is 9.59 Å². The zero-order chi connectivity index (χ0) is 28.1. The fourth-order valence-corrected chi connectivity index (χ4v) is 5.50. The second kappa shape index (κ2) is 12.2. The number of nitrogens with two attached hydrogens (primary N) is 1. The van der Waals surface area contributed by atoms with Crippen LogP contribution in [0.15, 0.2) is 54.6 Å². The Kier molecular flexibility index (Phi) is 9.49. The van der Waals surface area contributed by atoms with E-state index in [9.17, 15) is 14.4 Å². The Morgan fingerprint density at radius 1 is 1.11 bits per heavy atom. The van der Waals surface area contributed by atoms with Crippen LogP contribution in [0.3, 0.4) is 0 Å². The number of thioether (sulfide) groups is 1. The van der Waals surface area contributed by atoms with E-state index >= 15 is 0 Å². The van der Waals surface area contributed by atoms with Crippen LogP contribution in [-0.4, -0.2) is 63.6 Å². The first-order valence-corrected chi connectivity index (χ1v) is 13.7. The van der Waals surface area contributed by atoms with E-state index < -0.39 is 40.4 Å². The molecule has 0 aromatic heterocycles. The zero-order valence-corrected chi connectivity index (χ0v) is 23.8. The van der Waals surface area contributed by atoms with Gasteiger partial charge < -0.3 is 25.4 Å². The summed E-state index contributed by atoms with van der Waals surface area (Å²) in [7, 11) is 0. The Morgan fingerprint density at radius 2 is 1.74 bits per heavy atom. The lowest BCUT2D eigenvalue weighted by molar-refractivity contribution is -0.164. The predicted octanol–water partition coefficient (Wildman–Crippen LogP) is 3.45. The molecule has 1 heterocycles. The maximum atomic E-state index is 13.9. The number of benzene rings is 2. The molecule has 2 aromatic carbocycles. The molecule has 1 saturated heterocycles. The Hall–Kier alpha value is -3.04. The van der Waals surface area contributed by atoms with Gasteiger partial charge in [-0.25, -0.2) is 4.79 Å². The highest BCUT2D eigenvalue weighted by Gasteiger charge is 2.50. The number of nitrogens with one attached hydrogen (secondary N) is 1. The molecule has 0 aliphatic carbocycles. The van der Waals surface area contributed by atoms with Crippen molar-refractivity contribution >= 4 is 29.5 Å². The quantitative estimate of drug-likeness (QED) is 0.468. The summed E-state index contributed by atoms with van der Waals surface area (Å²) in [5.41, 5.74) is 7.82. The summed E-state index contributed by atoms with van der Waals surface area (Å²) in [5.74, 6) is -0.635. The molecule has 9 heteroatoms. The summed E-state index contributed by atoms with van der Waals surface area (Å²) in [6.07, 6.45) is -0.977. The molecular weight excluding hydrogens is 502 g/mol. The van der Waals surface area contributed by atoms with Crippen molar-refractivity contribution in [3.63, 3.8) is 0 Å². The molecule has 8 nitrogen and oxygen atoms in total. The number of ether oxygens (including phenoxy) is 2. The van der Waals surface area contributed by atoms with E-state index in [4.69, 9.17) is 15.2 Å². The fourth-order valence-electron chi connectivity index (χ4n) is 4.36. The maximum absolute atomic E-state index is 13.9. The van der Waals surface area contributed by atoms with Gasteiger partial charge in [0.15, 0.2) is 12.7 Å². The van der Waals surface area contributed by atoms with Crippen LogP contribution in [0, 0.1) is 6.92 Å². The lowest BCUT2D eigenvalue weighted by Crippen LogP contribution is -2.60. The van der Waals surface area contributed by atoms with Gasteiger partial charge in [0, 0.05) is 10.3 Å². The molecule has 206 valence electrons. The molecule has 38 heavy (non-hydrogen) atoms. The van der Waals surface area contributed by atoms with E-state index in [1.165, 1.54) is 16.7 Å². The van der Waals surface area contributed by atoms with Gasteiger partial charge in [-0.2, -0.15) is 0 Å². The number of amides is 2. The highest BCUT2D eigenvalue weighted by molar-refractivity contribution is 8.00. The van der Waals surface area contributed by atoms with Gasteiger partial charge in [0.25, 0.3) is 5.91 Å². The zero-order valence-electron chi connectivity index (χ0n) is 23.0. The van der Waals surface area contributed by atoms with Crippen molar-refractivity contribution in [1.82, 2.24) is 10.2 Å². The van der Waals surface area contributed by atoms with Crippen LogP contribution in [0.25, 0.3) is 0 Å². The highest BCUT2D eigenvalue weighted by atomic mass is 32.2. The fraction of sp³-hybridized carbons (Fsp3) is 0.483. The summed E-state index contributed by atoms with van der Waals surface area (Å²) in [5, 5.41) is 2.99. The molecular formula is C29H39N3O5S. The van der Waals surface area contributed by atoms with Gasteiger partial charge in [0.1, 0.15) is 11.8 Å². The topological polar surface area (TPSA) is 111 Å². The van der Waals surface area contributed by atoms with Crippen LogP contribution in [0.2, 0.25) is 0 Å². The average Bonchev–Trinajstić information content (AvgIpc) is 3.16. The van der Waals surface area contributed by atoms with Crippen LogP contribution >= 0.6 is 11.8 Å². The first-order valence-electron chi connectivity index (χ1n) is 12.7. The molecule has 1 aliphatic heterocycles. The molecule has 3 atom stereocenters. The number of carbonyl (C=O) groups is 3. The largest absolute Gasteiger partial charge is 0.482 e. The first kappa shape index (κ1) is 29.5. The second-order valence-electron chi connectivity index (χ2n) is 11.1. The molecule has 3 N–H and O–H groups in total. The standard InChI is InChI=1S/C29H39N3O5S/c1-19-12-10-11-15-22(19)36-17-23(33)37-24(21(30)16-20-13-8-7-9-14-20)27(35)32-18-38-29(5,6)25(32)26(34)31-28(2,3)4/h7-15,21,24-25H,16-18,30H2,1-6H3,(H,31,34)/t21-,24-,25+/m0/s1. The molecule has 0 radical (unpaired) electrons. The smallest absolute Gasteiger partial charge is 0.345 e. The normalized spacial score (nSPS) is 18.4. The number of aryl methyl sites for hydroxylation is 1. The van der Waals surface area contributed by atoms with Crippen molar-refractivity contribution in [1.29, 1.82) is 0 Å². The van der Waals surface area contributed by atoms with Gasteiger partial charge in [0.2, 0.25) is 5.91 Å². The van der Waals surface area contributed by atoms with Crippen molar-refractivity contribution in [2.45, 2.75) is 76.4 Å². The number of rotatable bonds is 9. The number of esters is 1. The number of hydrogen-bond acceptors (Lipinski definition) is 7. The third-order valence-corrected chi connectivity index (χ3v) is 7.59. The molecule has 1 aliphatic rings. The van der Waals surface area contributed by atoms with Crippen LogP contribution in [0.5, 0.6) is 5.75 Å². The minimum Gasteiger partial charge on any atom is -0.482 e. The van der Waals surface area contributed by atoms with Gasteiger partial charge in [-0.15, -0.1) is 11.8 Å². The van der Waals surface area contributed by atoms with E-state index in [1.807, 2.05) is 90.1 Å². The SMILES string of the molecule is Cc1ccccc1OCC(=O)O[C@H](C(=O)N1CSC(C)(C)[C@H]1C(=O)NC(C)(C)C)[C@@H](N)Cc1ccccc1. The van der Waals surface area contributed by atoms with Crippen LogP contribution in [0.1, 0.15) is 45.7 Å². The summed E-state index contributed by atoms with van der Waals surface area (Å²) in [6.45, 7) is 11.0. The maximum Gasteiger partial charge on any atom is 0.345 e. The Labute approximate surface area is 229 Å². The van der Waals surface area contributed by atoms with Crippen LogP contribution in [-0.2, 0) is 25.5 Å². The monoisotopic (exact) mass is 541 g/mol. The number of hydrogen-bond donors (Lipinski definition) is 2. The summed E-state index contributed by atoms with van der Waals surface area (Å²) in [6, 6.07) is 15.2. The minimum absolute atomic E-state index is 0.259. The van der Waals surface area contributed by atoms with Gasteiger partial charge >= 0.3 is 5.97 Å². The molecule has 0 saturated carbocycles. The molecule has 0 bridgehead atoms. The van der Waals surface area contributed by atoms with E-state index in [0.29, 0.717) is 12.2 Å². The lowest BCUT2D eigenvalue weighted by atomic mass is 9.96. The predicted molar refractivity (Wildman–Crippen MR) is 150 cm³/mol. The molecule has 2 amide bonds. The summed E-state index contributed by atoms with van der Waals surface area (Å²) >= 11 is 1.50. The van der Waals surface area contributed by atoms with Gasteiger partial charge in [0.05, 0.1) is 11.9 Å². The van der Waals surface area contributed by atoms with Gasteiger partial charge in [-0.1, -0.05) is 48.5 Å². The lowest BCUT2D eigenvalue weighted by Gasteiger charge is -2.35. The van der Waals surface area contributed by atoms with Crippen LogP contribution in [0.4, 0.5) is 0 Å². The number of para-hydroxylation sites is 1. The van der Waals surface area contributed by atoms with E-state index in [2.05, 4.69) is 5.32 Å². The second-order valence-corrected chi connectivity index (χ2v) is 12.7. The van der Waals surface area contributed by atoms with E-state index in [1.54, 1.807) is 6.07 Å². The van der Waals surface area contributed by atoms with Gasteiger partial charge in [-0.05, 0) is 65.2 Å². The van der Waals surface area contributed by atoms with Crippen molar-refractivity contribution in [2.75, 3.05) is 12.5 Å². The van der Waals surface area contributed by atoms with Crippen molar-refractivity contribution < 1.29 is 23.9 Å². The van der Waals surface area contributed by atoms with E-state index in [0.717, 1.165) is 11.1 Å². The average molecular weight is 542 g/mol. The minimum atomic E-state index is -1.29. The third-order valence-electron chi connectivity index (χ3n) is 6.22. The molecule has 0 unspecified atom stereocenters. The molecule has 3 rings (SSSR count). The van der Waals surface area contributed by atoms with Crippen LogP contribution < -0.4 is 15.8 Å². The summed E-state index contributed by atoms with van der Waals surface area (Å²) < 4.78 is 10.8. The molecule has 2 aromatic rings. The third kappa shape index (κ3) is 7.74. The molecule has 1 fully saturated rings.